The smallest absolute Gasteiger partial charge is 0.262 e. The van der Waals surface area contributed by atoms with Crippen molar-refractivity contribution in [2.75, 3.05) is 20.6 Å². The lowest BCUT2D eigenvalue weighted by Crippen LogP contribution is -2.35. The van der Waals surface area contributed by atoms with Gasteiger partial charge in [-0.25, -0.2) is 0 Å². The molecule has 0 aromatic heterocycles. The Bertz CT molecular complexity index is 401. The van der Waals surface area contributed by atoms with Gasteiger partial charge < -0.3 is 15.0 Å². The van der Waals surface area contributed by atoms with Crippen LogP contribution in [0.5, 0.6) is 5.75 Å². The summed E-state index contributed by atoms with van der Waals surface area (Å²) in [5.41, 5.74) is 1.21. The quantitative estimate of drug-likeness (QED) is 0.856. The van der Waals surface area contributed by atoms with Crippen LogP contribution in [0.3, 0.4) is 0 Å². The molecule has 1 aromatic carbocycles. The van der Waals surface area contributed by atoms with Crippen LogP contribution >= 0.6 is 0 Å². The van der Waals surface area contributed by atoms with E-state index in [0.717, 1.165) is 12.3 Å². The van der Waals surface area contributed by atoms with Crippen molar-refractivity contribution in [2.24, 2.45) is 0 Å². The summed E-state index contributed by atoms with van der Waals surface area (Å²) in [6.45, 7) is 6.91. The number of carbonyl (C=O) groups excluding carboxylic acids is 1. The number of likely N-dealkylation sites (N-methyl/N-ethyl adjacent to an activating group) is 1. The van der Waals surface area contributed by atoms with Gasteiger partial charge in [-0.1, -0.05) is 19.1 Å². The predicted molar refractivity (Wildman–Crippen MR) is 77.3 cm³/mol. The van der Waals surface area contributed by atoms with Crippen LogP contribution in [-0.2, 0) is 4.79 Å². The second kappa shape index (κ2) is 7.14. The Kier molecular flexibility index (Phi) is 5.83. The summed E-state index contributed by atoms with van der Waals surface area (Å²) in [7, 11) is 3.45. The van der Waals surface area contributed by atoms with Crippen molar-refractivity contribution < 1.29 is 9.53 Å². The topological polar surface area (TPSA) is 41.6 Å². The number of carbonyl (C=O) groups is 1. The number of benzene rings is 1. The Hall–Kier alpha value is -1.55. The lowest BCUT2D eigenvalue weighted by atomic mass is 10.1. The molecule has 0 aliphatic heterocycles. The molecule has 0 aliphatic rings. The zero-order valence-corrected chi connectivity index (χ0v) is 12.4. The first kappa shape index (κ1) is 15.5. The Labute approximate surface area is 115 Å². The van der Waals surface area contributed by atoms with Crippen molar-refractivity contribution in [1.82, 2.24) is 10.2 Å². The second-order valence-corrected chi connectivity index (χ2v) is 4.84. The minimum atomic E-state index is -0.466. The van der Waals surface area contributed by atoms with Crippen molar-refractivity contribution in [3.8, 4) is 5.75 Å². The molecule has 106 valence electrons. The van der Waals surface area contributed by atoms with Gasteiger partial charge in [-0.3, -0.25) is 4.79 Å². The van der Waals surface area contributed by atoms with Gasteiger partial charge in [-0.2, -0.15) is 0 Å². The molecule has 0 radical (unpaired) electrons. The van der Waals surface area contributed by atoms with E-state index < -0.39 is 6.10 Å². The standard InChI is InChI=1S/C15H24N2O2/c1-6-16-11(2)13-7-9-14(10-8-13)19-12(3)15(18)17(4)5/h7-12,16H,6H2,1-5H3. The first-order valence-electron chi connectivity index (χ1n) is 6.66. The summed E-state index contributed by atoms with van der Waals surface area (Å²) in [6, 6.07) is 8.18. The average Bonchev–Trinajstić information content (AvgIpc) is 2.38. The molecule has 0 bridgehead atoms. The zero-order chi connectivity index (χ0) is 14.4. The van der Waals surface area contributed by atoms with Gasteiger partial charge in [0.1, 0.15) is 5.75 Å². The van der Waals surface area contributed by atoms with E-state index in [1.165, 1.54) is 10.5 Å². The predicted octanol–water partition coefficient (Wildman–Crippen LogP) is 2.21. The van der Waals surface area contributed by atoms with Gasteiger partial charge >= 0.3 is 0 Å². The average molecular weight is 264 g/mol. The number of ether oxygens (including phenoxy) is 1. The second-order valence-electron chi connectivity index (χ2n) is 4.84. The summed E-state index contributed by atoms with van der Waals surface area (Å²) < 4.78 is 5.62. The van der Waals surface area contributed by atoms with E-state index in [9.17, 15) is 4.79 Å². The molecule has 4 heteroatoms. The third-order valence-electron chi connectivity index (χ3n) is 2.99. The maximum Gasteiger partial charge on any atom is 0.262 e. The lowest BCUT2D eigenvalue weighted by molar-refractivity contribution is -0.135. The number of rotatable bonds is 6. The Balaban J connectivity index is 2.64. The molecule has 0 spiro atoms. The third kappa shape index (κ3) is 4.56. The van der Waals surface area contributed by atoms with Crippen LogP contribution in [0.1, 0.15) is 32.4 Å². The number of nitrogens with one attached hydrogen (secondary N) is 1. The largest absolute Gasteiger partial charge is 0.481 e. The molecule has 4 nitrogen and oxygen atoms in total. The number of hydrogen-bond donors (Lipinski definition) is 1. The van der Waals surface area contributed by atoms with E-state index in [4.69, 9.17) is 4.74 Å². The molecule has 1 aromatic rings. The lowest BCUT2D eigenvalue weighted by Gasteiger charge is -2.19. The van der Waals surface area contributed by atoms with Gasteiger partial charge in [0, 0.05) is 20.1 Å². The first-order chi connectivity index (χ1) is 8.95. The summed E-state index contributed by atoms with van der Waals surface area (Å²) >= 11 is 0. The van der Waals surface area contributed by atoms with Crippen LogP contribution < -0.4 is 10.1 Å². The molecule has 2 unspecified atom stereocenters. The minimum Gasteiger partial charge on any atom is -0.481 e. The minimum absolute atomic E-state index is 0.0369. The maximum absolute atomic E-state index is 11.7. The van der Waals surface area contributed by atoms with Crippen LogP contribution in [0.15, 0.2) is 24.3 Å². The molecular formula is C15H24N2O2. The Morgan fingerprint density at radius 3 is 2.32 bits per heavy atom. The molecule has 0 saturated heterocycles. The van der Waals surface area contributed by atoms with E-state index in [2.05, 4.69) is 19.2 Å². The van der Waals surface area contributed by atoms with E-state index in [1.54, 1.807) is 21.0 Å². The van der Waals surface area contributed by atoms with Gasteiger partial charge in [0.2, 0.25) is 0 Å². The summed E-state index contributed by atoms with van der Waals surface area (Å²) in [4.78, 5) is 13.2. The molecule has 0 heterocycles. The number of amides is 1. The van der Waals surface area contributed by atoms with Crippen molar-refractivity contribution >= 4 is 5.91 Å². The molecule has 1 amide bonds. The highest BCUT2D eigenvalue weighted by atomic mass is 16.5. The van der Waals surface area contributed by atoms with Crippen LogP contribution in [0.25, 0.3) is 0 Å². The normalized spacial score (nSPS) is 13.7. The fourth-order valence-corrected chi connectivity index (χ4v) is 1.88. The maximum atomic E-state index is 11.7. The van der Waals surface area contributed by atoms with Crippen molar-refractivity contribution in [2.45, 2.75) is 32.9 Å². The van der Waals surface area contributed by atoms with Gasteiger partial charge in [-0.15, -0.1) is 0 Å². The molecular weight excluding hydrogens is 240 g/mol. The van der Waals surface area contributed by atoms with E-state index >= 15 is 0 Å². The third-order valence-corrected chi connectivity index (χ3v) is 2.99. The summed E-state index contributed by atoms with van der Waals surface area (Å²) in [5.74, 6) is 0.681. The van der Waals surface area contributed by atoms with Crippen LogP contribution in [0.2, 0.25) is 0 Å². The Morgan fingerprint density at radius 1 is 1.26 bits per heavy atom. The van der Waals surface area contributed by atoms with E-state index in [-0.39, 0.29) is 5.91 Å². The van der Waals surface area contributed by atoms with E-state index in [1.807, 2.05) is 24.3 Å². The number of nitrogens with zero attached hydrogens (tertiary/aromatic N) is 1. The highest BCUT2D eigenvalue weighted by molar-refractivity contribution is 5.80. The van der Waals surface area contributed by atoms with Gasteiger partial charge in [-0.05, 0) is 38.1 Å². The van der Waals surface area contributed by atoms with Gasteiger partial charge in [0.25, 0.3) is 5.91 Å². The molecule has 0 saturated carbocycles. The zero-order valence-electron chi connectivity index (χ0n) is 12.4. The highest BCUT2D eigenvalue weighted by Gasteiger charge is 2.16. The van der Waals surface area contributed by atoms with Crippen molar-refractivity contribution in [3.05, 3.63) is 29.8 Å². The number of hydrogen-bond acceptors (Lipinski definition) is 3. The highest BCUT2D eigenvalue weighted by Crippen LogP contribution is 2.18. The van der Waals surface area contributed by atoms with Crippen molar-refractivity contribution in [3.63, 3.8) is 0 Å². The van der Waals surface area contributed by atoms with Crippen LogP contribution in [0, 0.1) is 0 Å². The first-order valence-corrected chi connectivity index (χ1v) is 6.66. The van der Waals surface area contributed by atoms with Gasteiger partial charge in [0.05, 0.1) is 0 Å². The molecule has 0 fully saturated rings. The monoisotopic (exact) mass is 264 g/mol. The SMILES string of the molecule is CCNC(C)c1ccc(OC(C)C(=O)N(C)C)cc1. The fraction of sp³-hybridized carbons (Fsp3) is 0.533. The fourth-order valence-electron chi connectivity index (χ4n) is 1.88. The molecule has 0 aliphatic carbocycles. The summed E-state index contributed by atoms with van der Waals surface area (Å²) in [6.07, 6.45) is -0.466. The molecule has 1 rings (SSSR count). The van der Waals surface area contributed by atoms with E-state index in [0.29, 0.717) is 6.04 Å². The Morgan fingerprint density at radius 2 is 1.84 bits per heavy atom. The molecule has 2 atom stereocenters. The molecule has 19 heavy (non-hydrogen) atoms. The van der Waals surface area contributed by atoms with Crippen molar-refractivity contribution in [1.29, 1.82) is 0 Å². The van der Waals surface area contributed by atoms with Crippen LogP contribution in [-0.4, -0.2) is 37.6 Å². The molecule has 1 N–H and O–H groups in total. The summed E-state index contributed by atoms with van der Waals surface area (Å²) in [5, 5.41) is 3.35. The van der Waals surface area contributed by atoms with Gasteiger partial charge in [0.15, 0.2) is 6.10 Å². The van der Waals surface area contributed by atoms with Crippen LogP contribution in [0.4, 0.5) is 0 Å².